The van der Waals surface area contributed by atoms with Crippen molar-refractivity contribution in [3.8, 4) is 17.0 Å². The first-order valence-corrected chi connectivity index (χ1v) is 10.3. The maximum absolute atomic E-state index is 13.4. The van der Waals surface area contributed by atoms with Gasteiger partial charge in [-0.1, -0.05) is 47.6 Å². The maximum Gasteiger partial charge on any atom is 0.259 e. The van der Waals surface area contributed by atoms with Gasteiger partial charge >= 0.3 is 0 Å². The predicted molar refractivity (Wildman–Crippen MR) is 115 cm³/mol. The minimum absolute atomic E-state index is 0.00102. The van der Waals surface area contributed by atoms with E-state index in [-0.39, 0.29) is 5.91 Å². The number of amides is 1. The Morgan fingerprint density at radius 3 is 2.53 bits per heavy atom. The van der Waals surface area contributed by atoms with E-state index in [2.05, 4.69) is 22.2 Å². The molecule has 1 saturated heterocycles. The second-order valence-corrected chi connectivity index (χ2v) is 7.60. The normalized spacial score (nSPS) is 15.1. The van der Waals surface area contributed by atoms with E-state index in [1.54, 1.807) is 14.0 Å². The third-order valence-corrected chi connectivity index (χ3v) is 5.56. The van der Waals surface area contributed by atoms with E-state index in [9.17, 15) is 4.79 Å². The number of hydrogen-bond acceptors (Lipinski definition) is 5. The van der Waals surface area contributed by atoms with E-state index >= 15 is 0 Å². The van der Waals surface area contributed by atoms with Crippen LogP contribution in [0.3, 0.4) is 0 Å². The van der Waals surface area contributed by atoms with Crippen LogP contribution in [0.2, 0.25) is 0 Å². The highest BCUT2D eigenvalue weighted by Crippen LogP contribution is 2.27. The highest BCUT2D eigenvalue weighted by Gasteiger charge is 2.27. The number of carbonyl (C=O) groups excluding carboxylic acids is 1. The molecule has 0 N–H and O–H groups in total. The summed E-state index contributed by atoms with van der Waals surface area (Å²) in [5.74, 6) is 1.43. The van der Waals surface area contributed by atoms with Gasteiger partial charge in [-0.3, -0.25) is 9.69 Å². The van der Waals surface area contributed by atoms with Crippen molar-refractivity contribution in [3.05, 3.63) is 71.5 Å². The molecule has 6 heteroatoms. The third kappa shape index (κ3) is 4.39. The fraction of sp³-hybridized carbons (Fsp3) is 0.333. The molecule has 2 aromatic carbocycles. The first-order chi connectivity index (χ1) is 14.7. The largest absolute Gasteiger partial charge is 0.497 e. The average Bonchev–Trinajstić information content (AvgIpc) is 3.01. The first kappa shape index (κ1) is 20.2. The van der Waals surface area contributed by atoms with E-state index in [1.165, 1.54) is 5.56 Å². The van der Waals surface area contributed by atoms with Gasteiger partial charge in [0.05, 0.1) is 7.11 Å². The molecule has 0 radical (unpaired) electrons. The van der Waals surface area contributed by atoms with Crippen LogP contribution in [0.25, 0.3) is 11.3 Å². The molecule has 156 valence electrons. The molecule has 0 unspecified atom stereocenters. The molecule has 4 rings (SSSR count). The molecule has 0 spiro atoms. The second-order valence-electron chi connectivity index (χ2n) is 7.60. The molecular weight excluding hydrogens is 378 g/mol. The summed E-state index contributed by atoms with van der Waals surface area (Å²) in [6.45, 7) is 5.89. The van der Waals surface area contributed by atoms with E-state index < -0.39 is 0 Å². The maximum atomic E-state index is 13.4. The Balaban J connectivity index is 1.45. The Hall–Kier alpha value is -3.12. The summed E-state index contributed by atoms with van der Waals surface area (Å²) < 4.78 is 10.6. The molecule has 0 bridgehead atoms. The molecule has 1 fully saturated rings. The molecule has 0 atom stereocenters. The first-order valence-electron chi connectivity index (χ1n) is 10.3. The fourth-order valence-electron chi connectivity index (χ4n) is 3.90. The van der Waals surface area contributed by atoms with Crippen LogP contribution in [0.5, 0.6) is 5.75 Å². The van der Waals surface area contributed by atoms with Crippen molar-refractivity contribution < 1.29 is 14.1 Å². The van der Waals surface area contributed by atoms with Crippen molar-refractivity contribution in [3.63, 3.8) is 0 Å². The number of hydrogen-bond donors (Lipinski definition) is 0. The summed E-state index contributed by atoms with van der Waals surface area (Å²) in [5, 5.41) is 4.17. The van der Waals surface area contributed by atoms with Crippen LogP contribution in [-0.2, 0) is 6.54 Å². The summed E-state index contributed by atoms with van der Waals surface area (Å²) in [5.41, 5.74) is 3.34. The fourth-order valence-corrected chi connectivity index (χ4v) is 3.90. The van der Waals surface area contributed by atoms with Crippen LogP contribution in [0.15, 0.2) is 59.1 Å². The molecule has 2 heterocycles. The van der Waals surface area contributed by atoms with Gasteiger partial charge in [-0.2, -0.15) is 0 Å². The van der Waals surface area contributed by atoms with Crippen molar-refractivity contribution in [1.29, 1.82) is 0 Å². The van der Waals surface area contributed by atoms with Crippen molar-refractivity contribution >= 4 is 5.91 Å². The Labute approximate surface area is 177 Å². The van der Waals surface area contributed by atoms with Gasteiger partial charge in [0.1, 0.15) is 22.8 Å². The van der Waals surface area contributed by atoms with Crippen molar-refractivity contribution in [2.24, 2.45) is 0 Å². The predicted octanol–water partition coefficient (Wildman–Crippen LogP) is 4.01. The van der Waals surface area contributed by atoms with Crippen LogP contribution < -0.4 is 4.74 Å². The molecule has 0 saturated carbocycles. The smallest absolute Gasteiger partial charge is 0.259 e. The van der Waals surface area contributed by atoms with Gasteiger partial charge < -0.3 is 14.2 Å². The Morgan fingerprint density at radius 2 is 1.80 bits per heavy atom. The van der Waals surface area contributed by atoms with Gasteiger partial charge in [-0.05, 0) is 31.0 Å². The topological polar surface area (TPSA) is 58.8 Å². The molecule has 6 nitrogen and oxygen atoms in total. The number of benzene rings is 2. The standard InChI is InChI=1S/C24H27N3O3/c1-18-22(23(25-30-18)20-7-4-3-5-8-20)24(28)27-14-6-13-26(15-16-27)17-19-9-11-21(29-2)12-10-19/h3-5,7-12H,6,13-17H2,1-2H3. The minimum atomic E-state index is -0.00102. The van der Waals surface area contributed by atoms with Gasteiger partial charge in [-0.25, -0.2) is 0 Å². The van der Waals surface area contributed by atoms with E-state index in [4.69, 9.17) is 9.26 Å². The van der Waals surface area contributed by atoms with E-state index in [0.717, 1.165) is 43.9 Å². The SMILES string of the molecule is COc1ccc(CN2CCCN(C(=O)c3c(-c4ccccc4)noc3C)CC2)cc1. The summed E-state index contributed by atoms with van der Waals surface area (Å²) in [4.78, 5) is 17.7. The number of nitrogens with zero attached hydrogens (tertiary/aromatic N) is 3. The molecule has 1 aromatic heterocycles. The minimum Gasteiger partial charge on any atom is -0.497 e. The lowest BCUT2D eigenvalue weighted by Crippen LogP contribution is -2.35. The zero-order valence-corrected chi connectivity index (χ0v) is 17.5. The average molecular weight is 405 g/mol. The zero-order chi connectivity index (χ0) is 20.9. The number of carbonyl (C=O) groups is 1. The van der Waals surface area contributed by atoms with Crippen LogP contribution >= 0.6 is 0 Å². The Morgan fingerprint density at radius 1 is 1.03 bits per heavy atom. The molecule has 1 aliphatic rings. The van der Waals surface area contributed by atoms with Crippen molar-refractivity contribution in [2.45, 2.75) is 19.9 Å². The highest BCUT2D eigenvalue weighted by molar-refractivity contribution is 6.00. The highest BCUT2D eigenvalue weighted by atomic mass is 16.5. The van der Waals surface area contributed by atoms with Gasteiger partial charge in [0.25, 0.3) is 5.91 Å². The van der Waals surface area contributed by atoms with E-state index in [1.807, 2.05) is 47.4 Å². The molecule has 0 aliphatic carbocycles. The Kier molecular flexibility index (Phi) is 6.14. The van der Waals surface area contributed by atoms with E-state index in [0.29, 0.717) is 23.6 Å². The molecule has 30 heavy (non-hydrogen) atoms. The number of aryl methyl sites for hydroxylation is 1. The van der Waals surface area contributed by atoms with Crippen molar-refractivity contribution in [2.75, 3.05) is 33.3 Å². The van der Waals surface area contributed by atoms with Gasteiger partial charge in [0.2, 0.25) is 0 Å². The quantitative estimate of drug-likeness (QED) is 0.642. The number of aromatic nitrogens is 1. The second kappa shape index (κ2) is 9.13. The van der Waals surface area contributed by atoms with Gasteiger partial charge in [-0.15, -0.1) is 0 Å². The summed E-state index contributed by atoms with van der Waals surface area (Å²) in [7, 11) is 1.68. The van der Waals surface area contributed by atoms with Crippen LogP contribution in [0, 0.1) is 6.92 Å². The summed E-state index contributed by atoms with van der Waals surface area (Å²) >= 11 is 0. The number of methoxy groups -OCH3 is 1. The molecule has 3 aromatic rings. The summed E-state index contributed by atoms with van der Waals surface area (Å²) in [6.07, 6.45) is 0.937. The number of rotatable bonds is 5. The van der Waals surface area contributed by atoms with Crippen LogP contribution in [-0.4, -0.2) is 54.2 Å². The zero-order valence-electron chi connectivity index (χ0n) is 17.5. The van der Waals surface area contributed by atoms with Crippen LogP contribution in [0.4, 0.5) is 0 Å². The lowest BCUT2D eigenvalue weighted by atomic mass is 10.1. The molecule has 1 aliphatic heterocycles. The number of ether oxygens (including phenoxy) is 1. The third-order valence-electron chi connectivity index (χ3n) is 5.56. The molecular formula is C24H27N3O3. The van der Waals surface area contributed by atoms with Gasteiger partial charge in [0.15, 0.2) is 0 Å². The van der Waals surface area contributed by atoms with Gasteiger partial charge in [0, 0.05) is 38.3 Å². The lowest BCUT2D eigenvalue weighted by molar-refractivity contribution is 0.0760. The lowest BCUT2D eigenvalue weighted by Gasteiger charge is -2.22. The summed E-state index contributed by atoms with van der Waals surface area (Å²) in [6, 6.07) is 17.9. The van der Waals surface area contributed by atoms with Crippen molar-refractivity contribution in [1.82, 2.24) is 15.0 Å². The van der Waals surface area contributed by atoms with Crippen LogP contribution in [0.1, 0.15) is 28.1 Å². The monoisotopic (exact) mass is 405 g/mol. The molecule has 1 amide bonds. The Bertz CT molecular complexity index is 983.